The van der Waals surface area contributed by atoms with Crippen LogP contribution < -0.4 is 10.5 Å². The SMILES string of the molecule is NC1=NC2(CO1)c1cc(-c3cc(F)cc(Cl)c3)ccc1O[C@H]1CCC(O)C[C@H]12. The second-order valence-corrected chi connectivity index (χ2v) is 8.20. The van der Waals surface area contributed by atoms with Crippen molar-refractivity contribution in [2.45, 2.75) is 37.0 Å². The van der Waals surface area contributed by atoms with Gasteiger partial charge in [-0.25, -0.2) is 9.38 Å². The molecule has 0 saturated heterocycles. The highest BCUT2D eigenvalue weighted by atomic mass is 35.5. The fraction of sp³-hybridized carbons (Fsp3) is 0.381. The molecule has 1 spiro atoms. The van der Waals surface area contributed by atoms with Gasteiger partial charge in [0.25, 0.3) is 6.02 Å². The third kappa shape index (κ3) is 2.74. The summed E-state index contributed by atoms with van der Waals surface area (Å²) in [6, 6.07) is 10.3. The van der Waals surface area contributed by atoms with Gasteiger partial charge in [-0.3, -0.25) is 0 Å². The maximum absolute atomic E-state index is 13.9. The molecule has 0 radical (unpaired) electrons. The van der Waals surface area contributed by atoms with Gasteiger partial charge in [-0.2, -0.15) is 0 Å². The van der Waals surface area contributed by atoms with Crippen LogP contribution in [0.15, 0.2) is 41.4 Å². The van der Waals surface area contributed by atoms with E-state index in [1.165, 1.54) is 12.1 Å². The van der Waals surface area contributed by atoms with Crippen LogP contribution in [0.5, 0.6) is 5.75 Å². The van der Waals surface area contributed by atoms with E-state index in [2.05, 4.69) is 0 Å². The van der Waals surface area contributed by atoms with Crippen LogP contribution in [0.1, 0.15) is 24.8 Å². The molecule has 1 fully saturated rings. The molecule has 7 heteroatoms. The van der Waals surface area contributed by atoms with Crippen LogP contribution in [0.4, 0.5) is 4.39 Å². The summed E-state index contributed by atoms with van der Waals surface area (Å²) >= 11 is 6.04. The number of aliphatic hydroxyl groups excluding tert-OH is 1. The molecule has 28 heavy (non-hydrogen) atoms. The Morgan fingerprint density at radius 2 is 2.04 bits per heavy atom. The van der Waals surface area contributed by atoms with E-state index in [1.54, 1.807) is 6.07 Å². The molecule has 2 unspecified atom stereocenters. The predicted molar refractivity (Wildman–Crippen MR) is 104 cm³/mol. The number of aliphatic hydroxyl groups is 1. The van der Waals surface area contributed by atoms with Gasteiger partial charge in [0.2, 0.25) is 0 Å². The summed E-state index contributed by atoms with van der Waals surface area (Å²) in [7, 11) is 0. The molecule has 2 heterocycles. The number of ether oxygens (including phenoxy) is 2. The number of amidine groups is 1. The number of rotatable bonds is 1. The van der Waals surface area contributed by atoms with Crippen LogP contribution in [0.3, 0.4) is 0 Å². The molecule has 1 aliphatic carbocycles. The molecule has 0 aromatic heterocycles. The van der Waals surface area contributed by atoms with Crippen molar-refractivity contribution in [3.8, 4) is 16.9 Å². The minimum atomic E-state index is -0.711. The maximum Gasteiger partial charge on any atom is 0.283 e. The van der Waals surface area contributed by atoms with Crippen LogP contribution in [0.2, 0.25) is 5.02 Å². The summed E-state index contributed by atoms with van der Waals surface area (Å²) in [6.07, 6.45) is 1.57. The van der Waals surface area contributed by atoms with Gasteiger partial charge < -0.3 is 20.3 Å². The summed E-state index contributed by atoms with van der Waals surface area (Å²) in [5.41, 5.74) is 7.51. The van der Waals surface area contributed by atoms with Crippen molar-refractivity contribution >= 4 is 17.6 Å². The molecule has 4 atom stereocenters. The third-order valence-corrected chi connectivity index (χ3v) is 6.26. The van der Waals surface area contributed by atoms with Gasteiger partial charge in [0.1, 0.15) is 29.8 Å². The van der Waals surface area contributed by atoms with Crippen molar-refractivity contribution in [2.75, 3.05) is 6.61 Å². The van der Waals surface area contributed by atoms with E-state index in [-0.39, 0.29) is 18.0 Å². The van der Waals surface area contributed by atoms with E-state index in [4.69, 9.17) is 31.8 Å². The van der Waals surface area contributed by atoms with Crippen LogP contribution in [-0.4, -0.2) is 29.9 Å². The Hall–Kier alpha value is -2.31. The molecule has 146 valence electrons. The van der Waals surface area contributed by atoms with E-state index < -0.39 is 17.5 Å². The van der Waals surface area contributed by atoms with Crippen LogP contribution >= 0.6 is 11.6 Å². The van der Waals surface area contributed by atoms with Crippen molar-refractivity contribution in [3.05, 3.63) is 52.8 Å². The number of nitrogens with two attached hydrogens (primary N) is 1. The van der Waals surface area contributed by atoms with Gasteiger partial charge >= 0.3 is 0 Å². The average molecular weight is 403 g/mol. The highest BCUT2D eigenvalue weighted by Crippen LogP contribution is 2.53. The summed E-state index contributed by atoms with van der Waals surface area (Å²) < 4.78 is 25.7. The molecule has 2 aromatic carbocycles. The monoisotopic (exact) mass is 402 g/mol. The number of aliphatic imine (C=N–C) groups is 1. The van der Waals surface area contributed by atoms with Gasteiger partial charge in [0.15, 0.2) is 0 Å². The quantitative estimate of drug-likeness (QED) is 0.764. The van der Waals surface area contributed by atoms with Crippen molar-refractivity contribution in [2.24, 2.45) is 16.6 Å². The number of benzene rings is 2. The van der Waals surface area contributed by atoms with Gasteiger partial charge in [-0.1, -0.05) is 17.7 Å². The molecule has 3 N–H and O–H groups in total. The van der Waals surface area contributed by atoms with E-state index in [0.29, 0.717) is 30.0 Å². The van der Waals surface area contributed by atoms with E-state index in [9.17, 15) is 9.50 Å². The zero-order valence-corrected chi connectivity index (χ0v) is 15.8. The smallest absolute Gasteiger partial charge is 0.283 e. The Morgan fingerprint density at radius 1 is 1.18 bits per heavy atom. The third-order valence-electron chi connectivity index (χ3n) is 6.04. The topological polar surface area (TPSA) is 77.1 Å². The Kier molecular flexibility index (Phi) is 4.03. The minimum absolute atomic E-state index is 0.0452. The summed E-state index contributed by atoms with van der Waals surface area (Å²) in [5, 5.41) is 10.6. The molecule has 2 aromatic rings. The predicted octanol–water partition coefficient (Wildman–Crippen LogP) is 3.61. The molecule has 2 aliphatic heterocycles. The molecule has 3 aliphatic rings. The highest BCUT2D eigenvalue weighted by molar-refractivity contribution is 6.30. The lowest BCUT2D eigenvalue weighted by Gasteiger charge is -2.47. The zero-order valence-electron chi connectivity index (χ0n) is 15.1. The first-order valence-electron chi connectivity index (χ1n) is 9.38. The summed E-state index contributed by atoms with van der Waals surface area (Å²) in [4.78, 5) is 4.69. The first-order chi connectivity index (χ1) is 13.4. The highest BCUT2D eigenvalue weighted by Gasteiger charge is 2.55. The normalized spacial score (nSPS) is 30.8. The number of hydrogen-bond donors (Lipinski definition) is 2. The second kappa shape index (κ2) is 6.36. The number of hydrogen-bond acceptors (Lipinski definition) is 5. The van der Waals surface area contributed by atoms with Gasteiger partial charge in [-0.05, 0) is 60.7 Å². The molecule has 0 bridgehead atoms. The number of nitrogens with zero attached hydrogens (tertiary/aromatic N) is 1. The molecule has 0 amide bonds. The molecule has 5 nitrogen and oxygen atoms in total. The summed E-state index contributed by atoms with van der Waals surface area (Å²) in [5.74, 6) is 0.287. The largest absolute Gasteiger partial charge is 0.490 e. The minimum Gasteiger partial charge on any atom is -0.490 e. The van der Waals surface area contributed by atoms with Crippen molar-refractivity contribution in [1.82, 2.24) is 0 Å². The standard InChI is InChI=1S/C21H20ClFN2O3/c22-13-5-12(6-14(23)8-13)11-1-3-18-16(7-11)21(10-27-20(24)25-21)17-9-15(26)2-4-19(17)28-18/h1,3,5-8,15,17,19,26H,2,4,9-10H2,(H2,24,25)/t15?,17-,19+,21?/m1/s1. The Balaban J connectivity index is 1.67. The Morgan fingerprint density at radius 3 is 2.79 bits per heavy atom. The van der Waals surface area contributed by atoms with Gasteiger partial charge in [0, 0.05) is 16.5 Å². The zero-order chi connectivity index (χ0) is 19.5. The van der Waals surface area contributed by atoms with Crippen molar-refractivity contribution in [3.63, 3.8) is 0 Å². The Bertz CT molecular complexity index is 962. The second-order valence-electron chi connectivity index (χ2n) is 7.76. The molecule has 5 rings (SSSR count). The van der Waals surface area contributed by atoms with E-state index in [1.807, 2.05) is 18.2 Å². The Labute approximate surface area is 166 Å². The fourth-order valence-electron chi connectivity index (χ4n) is 4.77. The van der Waals surface area contributed by atoms with E-state index >= 15 is 0 Å². The average Bonchev–Trinajstić information content (AvgIpc) is 3.04. The van der Waals surface area contributed by atoms with Crippen molar-refractivity contribution < 1.29 is 19.0 Å². The maximum atomic E-state index is 13.9. The van der Waals surface area contributed by atoms with Crippen LogP contribution in [-0.2, 0) is 10.3 Å². The molecule has 1 saturated carbocycles. The van der Waals surface area contributed by atoms with E-state index in [0.717, 1.165) is 23.3 Å². The lowest BCUT2D eigenvalue weighted by Crippen LogP contribution is -2.51. The van der Waals surface area contributed by atoms with Crippen LogP contribution in [0.25, 0.3) is 11.1 Å². The lowest BCUT2D eigenvalue weighted by molar-refractivity contribution is -0.0359. The molecular formula is C21H20ClFN2O3. The lowest BCUT2D eigenvalue weighted by atomic mass is 9.67. The van der Waals surface area contributed by atoms with Gasteiger partial charge in [-0.15, -0.1) is 0 Å². The van der Waals surface area contributed by atoms with Crippen molar-refractivity contribution in [1.29, 1.82) is 0 Å². The first-order valence-corrected chi connectivity index (χ1v) is 9.76. The summed E-state index contributed by atoms with van der Waals surface area (Å²) in [6.45, 7) is 0.302. The number of halogens is 2. The van der Waals surface area contributed by atoms with Crippen LogP contribution in [0, 0.1) is 11.7 Å². The number of fused-ring (bicyclic) bond motifs is 4. The fourth-order valence-corrected chi connectivity index (χ4v) is 4.99. The first kappa shape index (κ1) is 17.8. The van der Waals surface area contributed by atoms with Gasteiger partial charge in [0.05, 0.1) is 6.10 Å². The molecular weight excluding hydrogens is 383 g/mol.